The van der Waals surface area contributed by atoms with Gasteiger partial charge in [0.1, 0.15) is 5.69 Å². The van der Waals surface area contributed by atoms with Crippen LogP contribution in [0.1, 0.15) is 24.8 Å². The van der Waals surface area contributed by atoms with Crippen LogP contribution in [0.3, 0.4) is 0 Å². The van der Waals surface area contributed by atoms with Gasteiger partial charge >= 0.3 is 0 Å². The summed E-state index contributed by atoms with van der Waals surface area (Å²) >= 11 is 0. The maximum atomic E-state index is 4.74. The van der Waals surface area contributed by atoms with Gasteiger partial charge < -0.3 is 14.8 Å². The van der Waals surface area contributed by atoms with Gasteiger partial charge in [-0.15, -0.1) is 0 Å². The third-order valence-electron chi connectivity index (χ3n) is 8.02. The van der Waals surface area contributed by atoms with E-state index in [1.54, 1.807) is 0 Å². The zero-order chi connectivity index (χ0) is 25.5. The van der Waals surface area contributed by atoms with Crippen molar-refractivity contribution in [2.75, 3.05) is 51.2 Å². The molecule has 0 amide bonds. The number of likely N-dealkylation sites (N-methyl/N-ethyl adjacent to an activating group) is 1. The lowest BCUT2D eigenvalue weighted by Gasteiger charge is -2.34. The molecule has 0 unspecified atom stereocenters. The summed E-state index contributed by atoms with van der Waals surface area (Å²) in [7, 11) is 2.18. The normalized spacial score (nSPS) is 17.6. The van der Waals surface area contributed by atoms with Crippen molar-refractivity contribution >= 4 is 27.5 Å². The molecular formula is C29H33N9. The average Bonchev–Trinajstić information content (AvgIpc) is 3.58. The lowest BCUT2D eigenvalue weighted by molar-refractivity contribution is 0.220. The molecule has 0 radical (unpaired) electrons. The fourth-order valence-electron chi connectivity index (χ4n) is 5.83. The molecule has 2 saturated heterocycles. The molecule has 5 aromatic heterocycles. The first-order valence-corrected chi connectivity index (χ1v) is 13.6. The van der Waals surface area contributed by atoms with E-state index in [4.69, 9.17) is 4.98 Å². The third kappa shape index (κ3) is 4.41. The summed E-state index contributed by atoms with van der Waals surface area (Å²) in [5.41, 5.74) is 8.16. The zero-order valence-electron chi connectivity index (χ0n) is 21.8. The Hall–Kier alpha value is -3.82. The second-order valence-corrected chi connectivity index (χ2v) is 10.7. The van der Waals surface area contributed by atoms with Gasteiger partial charge in [0.05, 0.1) is 46.7 Å². The lowest BCUT2D eigenvalue weighted by atomic mass is 10.1. The van der Waals surface area contributed by atoms with E-state index in [1.807, 2.05) is 31.0 Å². The van der Waals surface area contributed by atoms with Crippen molar-refractivity contribution in [2.24, 2.45) is 0 Å². The maximum Gasteiger partial charge on any atom is 0.116 e. The van der Waals surface area contributed by atoms with Gasteiger partial charge in [-0.25, -0.2) is 0 Å². The second-order valence-electron chi connectivity index (χ2n) is 10.7. The van der Waals surface area contributed by atoms with Crippen LogP contribution >= 0.6 is 0 Å². The Morgan fingerprint density at radius 3 is 2.50 bits per heavy atom. The highest BCUT2D eigenvalue weighted by atomic mass is 15.3. The molecule has 9 heteroatoms. The lowest BCUT2D eigenvalue weighted by Crippen LogP contribution is -2.44. The minimum Gasteiger partial charge on any atom is -0.367 e. The van der Waals surface area contributed by atoms with Gasteiger partial charge in [-0.05, 0) is 56.7 Å². The van der Waals surface area contributed by atoms with Gasteiger partial charge in [0, 0.05) is 61.5 Å². The van der Waals surface area contributed by atoms with E-state index in [0.717, 1.165) is 71.8 Å². The van der Waals surface area contributed by atoms with Crippen molar-refractivity contribution in [2.45, 2.75) is 25.8 Å². The van der Waals surface area contributed by atoms with Crippen LogP contribution in [-0.4, -0.2) is 86.2 Å². The standard InChI is InChI=1S/C29H33N9/c1-36-7-9-38(10-8-36)28-18-31-16-26-22(28)12-25(33-26)29-23-13-24(32-17-27(23)34-35-29)21-11-20(14-30-15-21)19-37-5-3-2-4-6-37/h11-18,33H,2-10,19H2,1H3,(H,34,35). The molecule has 2 aliphatic heterocycles. The number of pyridine rings is 3. The minimum absolute atomic E-state index is 0.890. The van der Waals surface area contributed by atoms with Crippen molar-refractivity contribution in [3.8, 4) is 22.6 Å². The predicted octanol–water partition coefficient (Wildman–Crippen LogP) is 4.30. The molecule has 38 heavy (non-hydrogen) atoms. The van der Waals surface area contributed by atoms with Gasteiger partial charge in [-0.2, -0.15) is 5.10 Å². The SMILES string of the molecule is CN1CCN(c2cncc3[nH]c(-c4n[nH]c5cnc(-c6cncc(CN7CCCCC7)c6)cc45)cc23)CC1. The van der Waals surface area contributed by atoms with E-state index in [1.165, 1.54) is 49.0 Å². The number of hydrogen-bond acceptors (Lipinski definition) is 7. The Bertz CT molecular complexity index is 1570. The average molecular weight is 508 g/mol. The summed E-state index contributed by atoms with van der Waals surface area (Å²) in [5.74, 6) is 0. The van der Waals surface area contributed by atoms with Crippen LogP contribution in [0, 0.1) is 0 Å². The van der Waals surface area contributed by atoms with Crippen LogP contribution in [0.25, 0.3) is 44.5 Å². The number of H-pyrrole nitrogens is 2. The van der Waals surface area contributed by atoms with Crippen LogP contribution in [0.15, 0.2) is 49.2 Å². The molecule has 7 heterocycles. The summed E-state index contributed by atoms with van der Waals surface area (Å²) in [6.07, 6.45) is 13.6. The molecule has 194 valence electrons. The van der Waals surface area contributed by atoms with Crippen molar-refractivity contribution in [3.63, 3.8) is 0 Å². The summed E-state index contributed by atoms with van der Waals surface area (Å²) in [6.45, 7) is 7.40. The highest BCUT2D eigenvalue weighted by molar-refractivity contribution is 6.00. The molecule has 0 aromatic carbocycles. The smallest absolute Gasteiger partial charge is 0.116 e. The molecule has 2 N–H and O–H groups in total. The van der Waals surface area contributed by atoms with Gasteiger partial charge in [-0.3, -0.25) is 25.0 Å². The number of aromatic amines is 2. The predicted molar refractivity (Wildman–Crippen MR) is 151 cm³/mol. The van der Waals surface area contributed by atoms with Crippen LogP contribution in [-0.2, 0) is 6.54 Å². The fraction of sp³-hybridized carbons (Fsp3) is 0.379. The van der Waals surface area contributed by atoms with Crippen LogP contribution < -0.4 is 4.90 Å². The Balaban J connectivity index is 1.22. The van der Waals surface area contributed by atoms with Crippen molar-refractivity contribution in [1.29, 1.82) is 0 Å². The van der Waals surface area contributed by atoms with E-state index in [2.05, 4.69) is 65.1 Å². The van der Waals surface area contributed by atoms with Gasteiger partial charge in [0.15, 0.2) is 0 Å². The quantitative estimate of drug-likeness (QED) is 0.366. The van der Waals surface area contributed by atoms with Crippen LogP contribution in [0.5, 0.6) is 0 Å². The van der Waals surface area contributed by atoms with E-state index >= 15 is 0 Å². The fourth-order valence-corrected chi connectivity index (χ4v) is 5.83. The number of hydrogen-bond donors (Lipinski definition) is 2. The van der Waals surface area contributed by atoms with Gasteiger partial charge in [0.2, 0.25) is 0 Å². The van der Waals surface area contributed by atoms with Crippen molar-refractivity contribution in [3.05, 3.63) is 54.7 Å². The number of nitrogens with one attached hydrogen (secondary N) is 2. The highest BCUT2D eigenvalue weighted by Gasteiger charge is 2.20. The molecule has 9 nitrogen and oxygen atoms in total. The Labute approximate surface area is 221 Å². The zero-order valence-corrected chi connectivity index (χ0v) is 21.8. The minimum atomic E-state index is 0.890. The van der Waals surface area contributed by atoms with Crippen molar-refractivity contribution < 1.29 is 0 Å². The first-order chi connectivity index (χ1) is 18.7. The highest BCUT2D eigenvalue weighted by Crippen LogP contribution is 2.34. The molecule has 2 fully saturated rings. The maximum absolute atomic E-state index is 4.74. The number of fused-ring (bicyclic) bond motifs is 2. The van der Waals surface area contributed by atoms with E-state index < -0.39 is 0 Å². The summed E-state index contributed by atoms with van der Waals surface area (Å²) in [6, 6.07) is 6.56. The van der Waals surface area contributed by atoms with Crippen LogP contribution in [0.2, 0.25) is 0 Å². The first kappa shape index (κ1) is 23.3. The molecule has 7 rings (SSSR count). The number of anilines is 1. The topological polar surface area (TPSA) is 92.9 Å². The number of aromatic nitrogens is 6. The monoisotopic (exact) mass is 507 g/mol. The van der Waals surface area contributed by atoms with E-state index in [9.17, 15) is 0 Å². The number of rotatable bonds is 5. The third-order valence-corrected chi connectivity index (χ3v) is 8.02. The van der Waals surface area contributed by atoms with Gasteiger partial charge in [-0.1, -0.05) is 6.42 Å². The van der Waals surface area contributed by atoms with E-state index in [-0.39, 0.29) is 0 Å². The number of piperidine rings is 1. The molecule has 2 aliphatic rings. The number of likely N-dealkylation sites (tertiary alicyclic amines) is 1. The molecule has 5 aromatic rings. The largest absolute Gasteiger partial charge is 0.367 e. The molecule has 0 bridgehead atoms. The Morgan fingerprint density at radius 2 is 1.63 bits per heavy atom. The molecule has 0 spiro atoms. The number of piperazine rings is 1. The number of nitrogens with zero attached hydrogens (tertiary/aromatic N) is 7. The molecule has 0 atom stereocenters. The first-order valence-electron chi connectivity index (χ1n) is 13.6. The Morgan fingerprint density at radius 1 is 0.789 bits per heavy atom. The Kier molecular flexibility index (Phi) is 6.02. The molecular weight excluding hydrogens is 474 g/mol. The van der Waals surface area contributed by atoms with Gasteiger partial charge in [0.25, 0.3) is 0 Å². The second kappa shape index (κ2) is 9.81. The van der Waals surface area contributed by atoms with Crippen molar-refractivity contribution in [1.82, 2.24) is 39.9 Å². The summed E-state index contributed by atoms with van der Waals surface area (Å²) in [4.78, 5) is 24.7. The van der Waals surface area contributed by atoms with E-state index in [0.29, 0.717) is 0 Å². The molecule has 0 aliphatic carbocycles. The molecule has 0 saturated carbocycles. The van der Waals surface area contributed by atoms with Crippen LogP contribution in [0.4, 0.5) is 5.69 Å². The summed E-state index contributed by atoms with van der Waals surface area (Å²) < 4.78 is 0. The summed E-state index contributed by atoms with van der Waals surface area (Å²) in [5, 5.41) is 10.1.